The van der Waals surface area contributed by atoms with Gasteiger partial charge in [-0.3, -0.25) is 4.72 Å². The van der Waals surface area contributed by atoms with E-state index in [-0.39, 0.29) is 5.56 Å². The number of rotatable bonds is 4. The zero-order valence-electron chi connectivity index (χ0n) is 10.7. The van der Waals surface area contributed by atoms with Gasteiger partial charge >= 0.3 is 5.97 Å². The van der Waals surface area contributed by atoms with E-state index in [1.165, 1.54) is 0 Å². The molecule has 0 aliphatic heterocycles. The minimum Gasteiger partial charge on any atom is -0.478 e. The predicted molar refractivity (Wildman–Crippen MR) is 68.8 cm³/mol. The Morgan fingerprint density at radius 2 is 1.89 bits per heavy atom. The molecule has 8 heteroatoms. The van der Waals surface area contributed by atoms with E-state index in [0.29, 0.717) is 0 Å². The standard InChI is InChI=1S/C11H15FN2O4S/c1-11(2,3)14-19(17,18)13-9-6-7(10(15)16)4-5-8(9)12/h4-6,13-14H,1-3H3,(H,15,16). The van der Waals surface area contributed by atoms with Gasteiger partial charge in [0.05, 0.1) is 11.3 Å². The Balaban J connectivity index is 3.05. The van der Waals surface area contributed by atoms with E-state index >= 15 is 0 Å². The number of halogens is 1. The number of carboxylic acids is 1. The van der Waals surface area contributed by atoms with Gasteiger partial charge in [-0.1, -0.05) is 0 Å². The summed E-state index contributed by atoms with van der Waals surface area (Å²) in [6.45, 7) is 4.86. The molecule has 3 N–H and O–H groups in total. The molecule has 106 valence electrons. The van der Waals surface area contributed by atoms with Gasteiger partial charge in [-0.2, -0.15) is 13.1 Å². The second-order valence-electron chi connectivity index (χ2n) is 4.96. The van der Waals surface area contributed by atoms with Crippen LogP contribution in [0.4, 0.5) is 10.1 Å². The number of nitrogens with one attached hydrogen (secondary N) is 2. The Kier molecular flexibility index (Phi) is 4.16. The third-order valence-corrected chi connectivity index (χ3v) is 3.27. The van der Waals surface area contributed by atoms with Crippen LogP contribution in [0.3, 0.4) is 0 Å². The molecule has 0 saturated heterocycles. The molecule has 1 rings (SSSR count). The van der Waals surface area contributed by atoms with Crippen LogP contribution in [0, 0.1) is 5.82 Å². The molecule has 0 atom stereocenters. The number of carbonyl (C=O) groups is 1. The average Bonchev–Trinajstić information content (AvgIpc) is 2.16. The first-order valence-corrected chi connectivity index (χ1v) is 6.83. The molecule has 1 aromatic rings. The van der Waals surface area contributed by atoms with E-state index in [0.717, 1.165) is 18.2 Å². The maximum absolute atomic E-state index is 13.4. The summed E-state index contributed by atoms with van der Waals surface area (Å²) in [5.74, 6) is -2.13. The smallest absolute Gasteiger partial charge is 0.335 e. The minimum absolute atomic E-state index is 0.213. The highest BCUT2D eigenvalue weighted by atomic mass is 32.2. The van der Waals surface area contributed by atoms with Gasteiger partial charge in [-0.15, -0.1) is 0 Å². The summed E-state index contributed by atoms with van der Waals surface area (Å²) in [5.41, 5.74) is -1.38. The van der Waals surface area contributed by atoms with Gasteiger partial charge in [0.1, 0.15) is 5.82 Å². The fourth-order valence-corrected chi connectivity index (χ4v) is 2.61. The van der Waals surface area contributed by atoms with E-state index in [1.807, 2.05) is 4.72 Å². The lowest BCUT2D eigenvalue weighted by Gasteiger charge is -2.21. The van der Waals surface area contributed by atoms with Crippen LogP contribution in [0.1, 0.15) is 31.1 Å². The van der Waals surface area contributed by atoms with Crippen molar-refractivity contribution in [2.45, 2.75) is 26.3 Å². The number of hydrogen-bond acceptors (Lipinski definition) is 3. The maximum Gasteiger partial charge on any atom is 0.335 e. The van der Waals surface area contributed by atoms with Crippen molar-refractivity contribution in [2.75, 3.05) is 4.72 Å². The van der Waals surface area contributed by atoms with Crippen LogP contribution in [0.5, 0.6) is 0 Å². The summed E-state index contributed by atoms with van der Waals surface area (Å²) in [7, 11) is -3.99. The van der Waals surface area contributed by atoms with E-state index in [1.54, 1.807) is 20.8 Å². The van der Waals surface area contributed by atoms with Crippen molar-refractivity contribution < 1.29 is 22.7 Å². The maximum atomic E-state index is 13.4. The second-order valence-corrected chi connectivity index (χ2v) is 6.37. The fourth-order valence-electron chi connectivity index (χ4n) is 1.31. The van der Waals surface area contributed by atoms with Crippen LogP contribution in [0.2, 0.25) is 0 Å². The van der Waals surface area contributed by atoms with Crippen LogP contribution in [-0.2, 0) is 10.2 Å². The lowest BCUT2D eigenvalue weighted by Crippen LogP contribution is -2.43. The molecule has 0 saturated carbocycles. The van der Waals surface area contributed by atoms with Gasteiger partial charge in [0, 0.05) is 5.54 Å². The number of aromatic carboxylic acids is 1. The van der Waals surface area contributed by atoms with E-state index in [4.69, 9.17) is 5.11 Å². The second kappa shape index (κ2) is 5.14. The Hall–Kier alpha value is -1.67. The van der Waals surface area contributed by atoms with Crippen LogP contribution in [0.25, 0.3) is 0 Å². The van der Waals surface area contributed by atoms with Gasteiger partial charge in [-0.05, 0) is 39.0 Å². The van der Waals surface area contributed by atoms with E-state index < -0.39 is 33.2 Å². The topological polar surface area (TPSA) is 95.5 Å². The predicted octanol–water partition coefficient (Wildman–Crippen LogP) is 1.57. The Bertz CT molecular complexity index is 593. The average molecular weight is 290 g/mol. The largest absolute Gasteiger partial charge is 0.478 e. The zero-order chi connectivity index (χ0) is 14.8. The van der Waals surface area contributed by atoms with Crippen LogP contribution in [0.15, 0.2) is 18.2 Å². The van der Waals surface area contributed by atoms with Crippen LogP contribution in [-0.4, -0.2) is 25.0 Å². The molecule has 0 aromatic heterocycles. The van der Waals surface area contributed by atoms with Crippen LogP contribution >= 0.6 is 0 Å². The summed E-state index contributed by atoms with van der Waals surface area (Å²) >= 11 is 0. The first kappa shape index (κ1) is 15.4. The Labute approximate surface area is 110 Å². The van der Waals surface area contributed by atoms with Gasteiger partial charge in [-0.25, -0.2) is 9.18 Å². The zero-order valence-corrected chi connectivity index (χ0v) is 11.5. The van der Waals surface area contributed by atoms with Crippen molar-refractivity contribution in [1.82, 2.24) is 4.72 Å². The van der Waals surface area contributed by atoms with Crippen molar-refractivity contribution in [3.8, 4) is 0 Å². The van der Waals surface area contributed by atoms with Crippen molar-refractivity contribution in [3.63, 3.8) is 0 Å². The SMILES string of the molecule is CC(C)(C)NS(=O)(=O)Nc1cc(C(=O)O)ccc1F. The molecule has 0 aliphatic rings. The molecular weight excluding hydrogens is 275 g/mol. The summed E-state index contributed by atoms with van der Waals surface area (Å²) in [6, 6.07) is 2.85. The summed E-state index contributed by atoms with van der Waals surface area (Å²) in [6.07, 6.45) is 0. The molecule has 0 heterocycles. The molecule has 0 aliphatic carbocycles. The summed E-state index contributed by atoms with van der Waals surface area (Å²) in [5, 5.41) is 8.77. The van der Waals surface area contributed by atoms with E-state index in [9.17, 15) is 17.6 Å². The third-order valence-electron chi connectivity index (χ3n) is 1.90. The monoisotopic (exact) mass is 290 g/mol. The highest BCUT2D eigenvalue weighted by Crippen LogP contribution is 2.18. The van der Waals surface area contributed by atoms with Gasteiger partial charge in [0.25, 0.3) is 10.2 Å². The fraction of sp³-hybridized carbons (Fsp3) is 0.364. The lowest BCUT2D eigenvalue weighted by atomic mass is 10.1. The van der Waals surface area contributed by atoms with Crippen LogP contribution < -0.4 is 9.44 Å². The third kappa shape index (κ3) is 4.84. The van der Waals surface area contributed by atoms with Crippen molar-refractivity contribution in [3.05, 3.63) is 29.6 Å². The number of anilines is 1. The van der Waals surface area contributed by atoms with Gasteiger partial charge < -0.3 is 5.11 Å². The molecular formula is C11H15FN2O4S. The van der Waals surface area contributed by atoms with Gasteiger partial charge in [0.2, 0.25) is 0 Å². The first-order valence-electron chi connectivity index (χ1n) is 5.35. The Morgan fingerprint density at radius 1 is 1.32 bits per heavy atom. The molecule has 0 amide bonds. The molecule has 0 unspecified atom stereocenters. The van der Waals surface area contributed by atoms with Gasteiger partial charge in [0.15, 0.2) is 0 Å². The number of benzene rings is 1. The van der Waals surface area contributed by atoms with Crippen molar-refractivity contribution in [2.24, 2.45) is 0 Å². The van der Waals surface area contributed by atoms with E-state index in [2.05, 4.69) is 4.72 Å². The molecule has 0 fully saturated rings. The lowest BCUT2D eigenvalue weighted by molar-refractivity contribution is 0.0697. The Morgan fingerprint density at radius 3 is 2.37 bits per heavy atom. The molecule has 6 nitrogen and oxygen atoms in total. The minimum atomic E-state index is -3.99. The highest BCUT2D eigenvalue weighted by molar-refractivity contribution is 7.90. The number of carboxylic acid groups (broad SMARTS) is 1. The van der Waals surface area contributed by atoms with Crippen molar-refractivity contribution >= 4 is 21.9 Å². The molecule has 19 heavy (non-hydrogen) atoms. The molecule has 1 aromatic carbocycles. The summed E-state index contributed by atoms with van der Waals surface area (Å²) in [4.78, 5) is 10.7. The molecule has 0 bridgehead atoms. The molecule has 0 radical (unpaired) electrons. The normalized spacial score (nSPS) is 12.2. The quantitative estimate of drug-likeness (QED) is 0.784. The highest BCUT2D eigenvalue weighted by Gasteiger charge is 2.21. The summed E-state index contributed by atoms with van der Waals surface area (Å²) < 4.78 is 41.1. The number of hydrogen-bond donors (Lipinski definition) is 3. The molecule has 0 spiro atoms. The first-order chi connectivity index (χ1) is 8.50. The van der Waals surface area contributed by atoms with Crippen molar-refractivity contribution in [1.29, 1.82) is 0 Å².